The monoisotopic (exact) mass is 289 g/mol. The van der Waals surface area contributed by atoms with E-state index in [1.54, 1.807) is 23.1 Å². The summed E-state index contributed by atoms with van der Waals surface area (Å²) in [7, 11) is 0. The summed E-state index contributed by atoms with van der Waals surface area (Å²) in [6.45, 7) is 0. The molecule has 5 heteroatoms. The Labute approximate surface area is 120 Å². The number of nitrogens with zero attached hydrogens (tertiary/aromatic N) is 3. The Kier molecular flexibility index (Phi) is 3.23. The van der Waals surface area contributed by atoms with Gasteiger partial charge in [0.05, 0.1) is 17.6 Å². The molecular formula is C14H9Cl2N3. The number of pyridine rings is 1. The van der Waals surface area contributed by atoms with Crippen molar-refractivity contribution in [3.63, 3.8) is 0 Å². The van der Waals surface area contributed by atoms with Crippen LogP contribution in [0.15, 0.2) is 55.0 Å². The molecule has 0 fully saturated rings. The molecule has 0 bridgehead atoms. The highest BCUT2D eigenvalue weighted by Crippen LogP contribution is 2.23. The lowest BCUT2D eigenvalue weighted by Gasteiger charge is -2.02. The highest BCUT2D eigenvalue weighted by atomic mass is 35.5. The summed E-state index contributed by atoms with van der Waals surface area (Å²) < 4.78 is 1.72. The Hall–Kier alpha value is -1.84. The van der Waals surface area contributed by atoms with Crippen LogP contribution in [0.1, 0.15) is 0 Å². The number of halogens is 2. The predicted octanol–water partition coefficient (Wildman–Crippen LogP) is 4.24. The lowest BCUT2D eigenvalue weighted by Crippen LogP contribution is -1.93. The minimum atomic E-state index is 0.581. The van der Waals surface area contributed by atoms with Gasteiger partial charge in [0.2, 0.25) is 0 Å². The smallest absolute Gasteiger partial charge is 0.0733 e. The van der Waals surface area contributed by atoms with Crippen LogP contribution in [0.5, 0.6) is 0 Å². The van der Waals surface area contributed by atoms with Crippen molar-refractivity contribution >= 4 is 23.2 Å². The van der Waals surface area contributed by atoms with Crippen LogP contribution < -0.4 is 0 Å². The second kappa shape index (κ2) is 5.03. The molecule has 94 valence electrons. The maximum atomic E-state index is 5.99. The Morgan fingerprint density at radius 3 is 2.47 bits per heavy atom. The van der Waals surface area contributed by atoms with Crippen molar-refractivity contribution in [2.75, 3.05) is 0 Å². The molecule has 0 unspecified atom stereocenters. The topological polar surface area (TPSA) is 30.7 Å². The van der Waals surface area contributed by atoms with E-state index in [1.165, 1.54) is 0 Å². The van der Waals surface area contributed by atoms with Gasteiger partial charge in [0.25, 0.3) is 0 Å². The van der Waals surface area contributed by atoms with Gasteiger partial charge in [0, 0.05) is 28.0 Å². The Balaban J connectivity index is 2.02. The summed E-state index contributed by atoms with van der Waals surface area (Å²) in [6.07, 6.45) is 5.41. The van der Waals surface area contributed by atoms with Crippen molar-refractivity contribution in [1.82, 2.24) is 14.8 Å². The first-order valence-electron chi connectivity index (χ1n) is 5.65. The van der Waals surface area contributed by atoms with Gasteiger partial charge >= 0.3 is 0 Å². The first-order valence-corrected chi connectivity index (χ1v) is 6.40. The normalized spacial score (nSPS) is 10.6. The number of rotatable bonds is 2. The van der Waals surface area contributed by atoms with Crippen molar-refractivity contribution in [2.45, 2.75) is 0 Å². The predicted molar refractivity (Wildman–Crippen MR) is 76.8 cm³/mol. The fourth-order valence-corrected chi connectivity index (χ4v) is 2.32. The van der Waals surface area contributed by atoms with E-state index in [2.05, 4.69) is 10.1 Å². The molecule has 3 aromatic rings. The molecule has 0 radical (unpaired) electrons. The van der Waals surface area contributed by atoms with E-state index in [0.717, 1.165) is 16.9 Å². The molecule has 3 rings (SSSR count). The molecule has 2 aromatic heterocycles. The number of hydrogen-bond acceptors (Lipinski definition) is 2. The average molecular weight is 290 g/mol. The van der Waals surface area contributed by atoms with Gasteiger partial charge in [-0.15, -0.1) is 0 Å². The van der Waals surface area contributed by atoms with Gasteiger partial charge in [-0.05, 0) is 30.3 Å². The van der Waals surface area contributed by atoms with Crippen LogP contribution in [0.25, 0.3) is 16.9 Å². The minimum absolute atomic E-state index is 0.581. The van der Waals surface area contributed by atoms with E-state index in [-0.39, 0.29) is 0 Å². The van der Waals surface area contributed by atoms with Crippen molar-refractivity contribution in [3.8, 4) is 16.9 Å². The lowest BCUT2D eigenvalue weighted by molar-refractivity contribution is 0.881. The van der Waals surface area contributed by atoms with Crippen molar-refractivity contribution in [2.24, 2.45) is 0 Å². The Morgan fingerprint density at radius 1 is 1.00 bits per heavy atom. The number of hydrogen-bond donors (Lipinski definition) is 0. The minimum Gasteiger partial charge on any atom is -0.256 e. The molecule has 0 saturated carbocycles. The third-order valence-corrected chi connectivity index (χ3v) is 3.09. The molecule has 0 saturated heterocycles. The molecule has 0 aliphatic heterocycles. The molecule has 1 aromatic carbocycles. The molecule has 0 spiro atoms. The van der Waals surface area contributed by atoms with Gasteiger partial charge < -0.3 is 0 Å². The maximum Gasteiger partial charge on any atom is 0.0733 e. The van der Waals surface area contributed by atoms with E-state index < -0.39 is 0 Å². The number of aromatic nitrogens is 3. The molecule has 0 aliphatic rings. The van der Waals surface area contributed by atoms with E-state index >= 15 is 0 Å². The highest BCUT2D eigenvalue weighted by molar-refractivity contribution is 6.34. The van der Waals surface area contributed by atoms with Gasteiger partial charge in [-0.2, -0.15) is 5.10 Å². The van der Waals surface area contributed by atoms with E-state index in [0.29, 0.717) is 10.0 Å². The van der Waals surface area contributed by atoms with Crippen LogP contribution in [-0.2, 0) is 0 Å². The molecule has 0 atom stereocenters. The van der Waals surface area contributed by atoms with Crippen LogP contribution in [0.2, 0.25) is 10.0 Å². The highest BCUT2D eigenvalue weighted by Gasteiger charge is 2.05. The van der Waals surface area contributed by atoms with Crippen LogP contribution in [-0.4, -0.2) is 14.8 Å². The first kappa shape index (κ1) is 12.2. The summed E-state index contributed by atoms with van der Waals surface area (Å²) in [5.74, 6) is 0. The van der Waals surface area contributed by atoms with E-state index in [9.17, 15) is 0 Å². The van der Waals surface area contributed by atoms with E-state index in [1.807, 2.05) is 36.5 Å². The first-order chi connectivity index (χ1) is 9.22. The zero-order chi connectivity index (χ0) is 13.2. The van der Waals surface area contributed by atoms with Crippen molar-refractivity contribution in [1.29, 1.82) is 0 Å². The fraction of sp³-hybridized carbons (Fsp3) is 0. The zero-order valence-corrected chi connectivity index (χ0v) is 11.3. The quantitative estimate of drug-likeness (QED) is 0.706. The summed E-state index contributed by atoms with van der Waals surface area (Å²) in [5, 5.41) is 5.47. The van der Waals surface area contributed by atoms with Gasteiger partial charge in [-0.3, -0.25) is 4.98 Å². The van der Waals surface area contributed by atoms with Crippen LogP contribution >= 0.6 is 23.2 Å². The van der Waals surface area contributed by atoms with Gasteiger partial charge in [0.1, 0.15) is 0 Å². The summed E-state index contributed by atoms with van der Waals surface area (Å²) >= 11 is 12.0. The molecule has 3 nitrogen and oxygen atoms in total. The molecule has 0 aliphatic carbocycles. The maximum absolute atomic E-state index is 5.99. The summed E-state index contributed by atoms with van der Waals surface area (Å²) in [5.41, 5.74) is 2.64. The van der Waals surface area contributed by atoms with Crippen LogP contribution in [0.3, 0.4) is 0 Å². The standard InChI is InChI=1S/C14H9Cl2N3/c15-11-5-12(16)7-13(6-11)19-9-10(8-18-19)14-3-1-2-4-17-14/h1-9H. The van der Waals surface area contributed by atoms with Crippen LogP contribution in [0.4, 0.5) is 0 Å². The summed E-state index contributed by atoms with van der Waals surface area (Å²) in [6, 6.07) is 11.1. The third kappa shape index (κ3) is 2.62. The van der Waals surface area contributed by atoms with Crippen LogP contribution in [0, 0.1) is 0 Å². The second-order valence-corrected chi connectivity index (χ2v) is 4.89. The van der Waals surface area contributed by atoms with Crippen molar-refractivity contribution in [3.05, 3.63) is 65.0 Å². The Bertz CT molecular complexity index is 687. The molecule has 0 N–H and O–H groups in total. The van der Waals surface area contributed by atoms with E-state index in [4.69, 9.17) is 23.2 Å². The molecule has 2 heterocycles. The van der Waals surface area contributed by atoms with Crippen molar-refractivity contribution < 1.29 is 0 Å². The second-order valence-electron chi connectivity index (χ2n) is 4.02. The molecular weight excluding hydrogens is 281 g/mol. The fourth-order valence-electron chi connectivity index (χ4n) is 1.80. The van der Waals surface area contributed by atoms with Gasteiger partial charge in [-0.25, -0.2) is 4.68 Å². The Morgan fingerprint density at radius 2 is 1.79 bits per heavy atom. The zero-order valence-electron chi connectivity index (χ0n) is 9.79. The third-order valence-electron chi connectivity index (χ3n) is 2.66. The molecule has 19 heavy (non-hydrogen) atoms. The largest absolute Gasteiger partial charge is 0.256 e. The van der Waals surface area contributed by atoms with Gasteiger partial charge in [0.15, 0.2) is 0 Å². The SMILES string of the molecule is Clc1cc(Cl)cc(-n2cc(-c3ccccn3)cn2)c1. The van der Waals surface area contributed by atoms with Gasteiger partial charge in [-0.1, -0.05) is 29.3 Å². The number of benzene rings is 1. The average Bonchev–Trinajstić information content (AvgIpc) is 2.88. The summed E-state index contributed by atoms with van der Waals surface area (Å²) in [4.78, 5) is 4.29. The lowest BCUT2D eigenvalue weighted by atomic mass is 10.2. The molecule has 0 amide bonds.